The second kappa shape index (κ2) is 9.55. The first-order valence-electron chi connectivity index (χ1n) is 8.30. The fraction of sp³-hybridized carbons (Fsp3) is 0.556. The Balaban J connectivity index is 1.97. The molecule has 1 aromatic carbocycles. The van der Waals surface area contributed by atoms with E-state index in [0.717, 1.165) is 36.5 Å². The molecular weight excluding hydrogens is 322 g/mol. The van der Waals surface area contributed by atoms with Crippen molar-refractivity contribution in [1.82, 2.24) is 4.90 Å². The lowest BCUT2D eigenvalue weighted by atomic mass is 9.99. The van der Waals surface area contributed by atoms with E-state index in [1.54, 1.807) is 18.9 Å². The molecule has 2 amide bonds. The molecule has 1 aliphatic heterocycles. The third-order valence-electron chi connectivity index (χ3n) is 4.05. The number of urea groups is 1. The number of ether oxygens (including phenoxy) is 1. The number of nitrogens with zero attached hydrogens (tertiary/aromatic N) is 2. The average Bonchev–Trinajstić information content (AvgIpc) is 2.61. The Kier molecular flexibility index (Phi) is 7.41. The van der Waals surface area contributed by atoms with Gasteiger partial charge in [-0.25, -0.2) is 4.79 Å². The Morgan fingerprint density at radius 2 is 2.33 bits per heavy atom. The fourth-order valence-corrected chi connectivity index (χ4v) is 3.72. The molecule has 1 N–H and O–H groups in total. The number of piperidine rings is 1. The summed E-state index contributed by atoms with van der Waals surface area (Å²) < 4.78 is 5.22. The summed E-state index contributed by atoms with van der Waals surface area (Å²) in [4.78, 5) is 15.4. The van der Waals surface area contributed by atoms with Gasteiger partial charge in [-0.3, -0.25) is 0 Å². The van der Waals surface area contributed by atoms with Crippen LogP contribution in [0.3, 0.4) is 0 Å². The van der Waals surface area contributed by atoms with Crippen LogP contribution >= 0.6 is 11.8 Å². The Bertz CT molecular complexity index is 586. The molecule has 0 spiro atoms. The van der Waals surface area contributed by atoms with Crippen molar-refractivity contribution in [3.63, 3.8) is 0 Å². The maximum Gasteiger partial charge on any atom is 0.321 e. The molecule has 1 heterocycles. The van der Waals surface area contributed by atoms with Crippen LogP contribution in [0.5, 0.6) is 0 Å². The van der Waals surface area contributed by atoms with Crippen molar-refractivity contribution in [3.8, 4) is 6.07 Å². The number of thioether (sulfide) groups is 1. The summed E-state index contributed by atoms with van der Waals surface area (Å²) in [6.07, 6.45) is 2.12. The van der Waals surface area contributed by atoms with Crippen LogP contribution < -0.4 is 5.32 Å². The van der Waals surface area contributed by atoms with E-state index < -0.39 is 0 Å². The Morgan fingerprint density at radius 1 is 1.54 bits per heavy atom. The van der Waals surface area contributed by atoms with Gasteiger partial charge in [-0.2, -0.15) is 5.26 Å². The summed E-state index contributed by atoms with van der Waals surface area (Å²) in [6, 6.07) is 9.93. The molecule has 2 atom stereocenters. The Morgan fingerprint density at radius 3 is 3.08 bits per heavy atom. The minimum absolute atomic E-state index is 0.0179. The van der Waals surface area contributed by atoms with Crippen LogP contribution in [0.2, 0.25) is 0 Å². The molecule has 24 heavy (non-hydrogen) atoms. The maximum atomic E-state index is 12.6. The van der Waals surface area contributed by atoms with Crippen molar-refractivity contribution in [2.24, 2.45) is 11.8 Å². The smallest absolute Gasteiger partial charge is 0.321 e. The van der Waals surface area contributed by atoms with Gasteiger partial charge in [0.2, 0.25) is 0 Å². The molecule has 1 saturated heterocycles. The zero-order valence-electron chi connectivity index (χ0n) is 14.3. The molecule has 0 unspecified atom stereocenters. The average molecular weight is 347 g/mol. The number of rotatable bonds is 6. The Labute approximate surface area is 148 Å². The first-order chi connectivity index (χ1) is 11.6. The van der Waals surface area contributed by atoms with Crippen molar-refractivity contribution in [3.05, 3.63) is 24.3 Å². The van der Waals surface area contributed by atoms with Gasteiger partial charge >= 0.3 is 6.03 Å². The van der Waals surface area contributed by atoms with Crippen molar-refractivity contribution in [2.45, 2.75) is 24.7 Å². The number of nitriles is 1. The molecular formula is C18H25N3O2S. The van der Waals surface area contributed by atoms with Crippen LogP contribution in [0.4, 0.5) is 10.5 Å². The third-order valence-corrected chi connectivity index (χ3v) is 5.38. The van der Waals surface area contributed by atoms with Crippen LogP contribution in [-0.2, 0) is 4.74 Å². The molecule has 1 fully saturated rings. The second-order valence-corrected chi connectivity index (χ2v) is 7.24. The number of anilines is 1. The molecule has 0 aliphatic carbocycles. The molecule has 0 saturated carbocycles. The lowest BCUT2D eigenvalue weighted by Crippen LogP contribution is -2.43. The first-order valence-corrected chi connectivity index (χ1v) is 9.29. The normalized spacial score (nSPS) is 18.7. The van der Waals surface area contributed by atoms with Gasteiger partial charge in [-0.1, -0.05) is 12.1 Å². The van der Waals surface area contributed by atoms with Gasteiger partial charge in [0.15, 0.2) is 0 Å². The predicted molar refractivity (Wildman–Crippen MR) is 97.1 cm³/mol. The van der Waals surface area contributed by atoms with E-state index in [1.807, 2.05) is 36.1 Å². The number of methoxy groups -OCH3 is 1. The molecule has 2 rings (SSSR count). The SMILES string of the molecule is COC[C@@H]1CCCN(C(=O)Nc2ccccc2SC[C@@H](C)C#N)C1. The highest BCUT2D eigenvalue weighted by atomic mass is 32.2. The third kappa shape index (κ3) is 5.43. The van der Waals surface area contributed by atoms with Crippen LogP contribution in [0.1, 0.15) is 19.8 Å². The van der Waals surface area contributed by atoms with Crippen LogP contribution in [0.25, 0.3) is 0 Å². The first kappa shape index (κ1) is 18.6. The molecule has 5 nitrogen and oxygen atoms in total. The Hall–Kier alpha value is -1.71. The van der Waals surface area contributed by atoms with Crippen molar-refractivity contribution in [1.29, 1.82) is 5.26 Å². The van der Waals surface area contributed by atoms with E-state index in [0.29, 0.717) is 18.3 Å². The zero-order valence-corrected chi connectivity index (χ0v) is 15.1. The molecule has 1 aromatic rings. The largest absolute Gasteiger partial charge is 0.384 e. The van der Waals surface area contributed by atoms with Crippen molar-refractivity contribution in [2.75, 3.05) is 37.9 Å². The van der Waals surface area contributed by atoms with Crippen molar-refractivity contribution >= 4 is 23.5 Å². The number of para-hydroxylation sites is 1. The second-order valence-electron chi connectivity index (χ2n) is 6.18. The molecule has 0 aromatic heterocycles. The number of hydrogen-bond acceptors (Lipinski definition) is 4. The number of carbonyl (C=O) groups excluding carboxylic acids is 1. The van der Waals surface area contributed by atoms with Gasteiger partial charge < -0.3 is 15.0 Å². The minimum atomic E-state index is -0.0582. The van der Waals surface area contributed by atoms with Crippen LogP contribution in [0, 0.1) is 23.2 Å². The molecule has 6 heteroatoms. The fourth-order valence-electron chi connectivity index (χ4n) is 2.76. The van der Waals surface area contributed by atoms with Gasteiger partial charge in [0.1, 0.15) is 0 Å². The summed E-state index contributed by atoms with van der Waals surface area (Å²) in [7, 11) is 1.70. The molecule has 1 aliphatic rings. The summed E-state index contributed by atoms with van der Waals surface area (Å²) in [5.41, 5.74) is 0.812. The van der Waals surface area contributed by atoms with E-state index in [-0.39, 0.29) is 11.9 Å². The summed E-state index contributed by atoms with van der Waals surface area (Å²) in [5.74, 6) is 1.11. The molecule has 0 bridgehead atoms. The van der Waals surface area contributed by atoms with Gasteiger partial charge in [0.05, 0.1) is 24.3 Å². The number of nitrogens with one attached hydrogen (secondary N) is 1. The monoisotopic (exact) mass is 347 g/mol. The predicted octanol–water partition coefficient (Wildman–Crippen LogP) is 3.83. The van der Waals surface area contributed by atoms with E-state index in [9.17, 15) is 4.79 Å². The minimum Gasteiger partial charge on any atom is -0.384 e. The number of benzene rings is 1. The highest BCUT2D eigenvalue weighted by molar-refractivity contribution is 7.99. The summed E-state index contributed by atoms with van der Waals surface area (Å²) in [5, 5.41) is 11.9. The topological polar surface area (TPSA) is 65.4 Å². The standard InChI is InChI=1S/C18H25N3O2S/c1-14(10-19)13-24-17-8-4-3-7-16(17)20-18(22)21-9-5-6-15(11-21)12-23-2/h3-4,7-8,14-15H,5-6,9,11-13H2,1-2H3,(H,20,22)/t14-,15+/m0/s1. The summed E-state index contributed by atoms with van der Waals surface area (Å²) in [6.45, 7) is 4.12. The van der Waals surface area contributed by atoms with E-state index in [2.05, 4.69) is 11.4 Å². The maximum absolute atomic E-state index is 12.6. The highest BCUT2D eigenvalue weighted by Gasteiger charge is 2.24. The number of likely N-dealkylation sites (tertiary alicyclic amines) is 1. The van der Waals surface area contributed by atoms with E-state index in [1.165, 1.54) is 0 Å². The van der Waals surface area contributed by atoms with Gasteiger partial charge in [0, 0.05) is 36.8 Å². The number of amides is 2. The summed E-state index contributed by atoms with van der Waals surface area (Å²) >= 11 is 1.60. The number of carbonyl (C=O) groups is 1. The van der Waals surface area contributed by atoms with E-state index >= 15 is 0 Å². The van der Waals surface area contributed by atoms with Crippen LogP contribution in [0.15, 0.2) is 29.2 Å². The van der Waals surface area contributed by atoms with E-state index in [4.69, 9.17) is 10.00 Å². The highest BCUT2D eigenvalue weighted by Crippen LogP contribution is 2.29. The molecule has 130 valence electrons. The van der Waals surface area contributed by atoms with Gasteiger partial charge in [-0.15, -0.1) is 11.8 Å². The molecule has 0 radical (unpaired) electrons. The zero-order chi connectivity index (χ0) is 17.4. The van der Waals surface area contributed by atoms with Gasteiger partial charge in [0.25, 0.3) is 0 Å². The lowest BCUT2D eigenvalue weighted by molar-refractivity contribution is 0.104. The number of hydrogen-bond donors (Lipinski definition) is 1. The van der Waals surface area contributed by atoms with Gasteiger partial charge in [-0.05, 0) is 31.9 Å². The van der Waals surface area contributed by atoms with Crippen LogP contribution in [-0.4, -0.2) is 43.5 Å². The quantitative estimate of drug-likeness (QED) is 0.794. The lowest BCUT2D eigenvalue weighted by Gasteiger charge is -2.32. The van der Waals surface area contributed by atoms with Crippen molar-refractivity contribution < 1.29 is 9.53 Å².